The number of aromatic amines is 1. The summed E-state index contributed by atoms with van der Waals surface area (Å²) >= 11 is 0. The predicted octanol–water partition coefficient (Wildman–Crippen LogP) is 2.73. The van der Waals surface area contributed by atoms with E-state index in [0.717, 1.165) is 11.1 Å². The number of rotatable bonds is 5. The van der Waals surface area contributed by atoms with E-state index in [-0.39, 0.29) is 11.7 Å². The number of pyridine rings is 1. The first-order chi connectivity index (χ1) is 13.2. The van der Waals surface area contributed by atoms with Crippen LogP contribution >= 0.6 is 0 Å². The molecule has 3 aromatic heterocycles. The van der Waals surface area contributed by atoms with Gasteiger partial charge in [-0.1, -0.05) is 6.07 Å². The highest BCUT2D eigenvalue weighted by atomic mass is 19.1. The van der Waals surface area contributed by atoms with Gasteiger partial charge in [-0.05, 0) is 48.0 Å². The third-order valence-corrected chi connectivity index (χ3v) is 3.96. The molecule has 0 unspecified atom stereocenters. The zero-order chi connectivity index (χ0) is 18.6. The zero-order valence-electron chi connectivity index (χ0n) is 14.1. The van der Waals surface area contributed by atoms with Crippen LogP contribution < -0.4 is 5.32 Å². The number of halogens is 1. The minimum Gasteiger partial charge on any atom is -0.347 e. The van der Waals surface area contributed by atoms with Gasteiger partial charge < -0.3 is 5.32 Å². The molecule has 0 fully saturated rings. The first-order valence-electron chi connectivity index (χ1n) is 8.23. The molecule has 8 heteroatoms. The van der Waals surface area contributed by atoms with Crippen LogP contribution in [0.15, 0.2) is 67.1 Å². The largest absolute Gasteiger partial charge is 0.347 e. The highest BCUT2D eigenvalue weighted by Crippen LogP contribution is 2.18. The van der Waals surface area contributed by atoms with E-state index in [4.69, 9.17) is 0 Å². The number of hydrogen-bond acceptors (Lipinski definition) is 4. The lowest BCUT2D eigenvalue weighted by molar-refractivity contribution is 0.0946. The molecule has 1 aromatic carbocycles. The van der Waals surface area contributed by atoms with Crippen LogP contribution in [0.4, 0.5) is 4.39 Å². The average molecular weight is 362 g/mol. The Hall–Kier alpha value is -3.81. The molecule has 4 aromatic rings. The highest BCUT2D eigenvalue weighted by Gasteiger charge is 2.11. The Balaban J connectivity index is 1.39. The van der Waals surface area contributed by atoms with Crippen molar-refractivity contribution in [3.8, 4) is 17.1 Å². The number of benzene rings is 1. The maximum absolute atomic E-state index is 13.0. The van der Waals surface area contributed by atoms with Gasteiger partial charge in [0.2, 0.25) is 0 Å². The monoisotopic (exact) mass is 362 g/mol. The Morgan fingerprint density at radius 2 is 2.04 bits per heavy atom. The van der Waals surface area contributed by atoms with Crippen molar-refractivity contribution in [1.82, 2.24) is 30.3 Å². The first-order valence-corrected chi connectivity index (χ1v) is 8.23. The molecule has 27 heavy (non-hydrogen) atoms. The van der Waals surface area contributed by atoms with E-state index in [1.54, 1.807) is 41.5 Å². The molecule has 0 aliphatic heterocycles. The van der Waals surface area contributed by atoms with Crippen molar-refractivity contribution >= 4 is 5.91 Å². The Bertz CT molecular complexity index is 1040. The number of amides is 1. The van der Waals surface area contributed by atoms with Crippen LogP contribution in [0.2, 0.25) is 0 Å². The number of nitrogens with one attached hydrogen (secondary N) is 2. The minimum absolute atomic E-state index is 0.285. The van der Waals surface area contributed by atoms with E-state index >= 15 is 0 Å². The number of H-pyrrole nitrogens is 1. The van der Waals surface area contributed by atoms with E-state index < -0.39 is 0 Å². The van der Waals surface area contributed by atoms with Crippen molar-refractivity contribution in [2.45, 2.75) is 6.54 Å². The molecule has 0 atom stereocenters. The molecule has 134 valence electrons. The topological polar surface area (TPSA) is 88.5 Å². The van der Waals surface area contributed by atoms with Crippen LogP contribution in [0.25, 0.3) is 17.1 Å². The highest BCUT2D eigenvalue weighted by molar-refractivity contribution is 5.93. The fourth-order valence-electron chi connectivity index (χ4n) is 2.55. The van der Waals surface area contributed by atoms with Gasteiger partial charge in [-0.25, -0.2) is 14.1 Å². The molecule has 2 N–H and O–H groups in total. The second-order valence-corrected chi connectivity index (χ2v) is 5.83. The van der Waals surface area contributed by atoms with Gasteiger partial charge in [0, 0.05) is 30.7 Å². The van der Waals surface area contributed by atoms with Gasteiger partial charge in [-0.15, -0.1) is 0 Å². The molecule has 3 heterocycles. The molecule has 0 radical (unpaired) electrons. The lowest BCUT2D eigenvalue weighted by atomic mass is 10.1. The summed E-state index contributed by atoms with van der Waals surface area (Å²) in [5, 5.41) is 13.7. The van der Waals surface area contributed by atoms with E-state index in [1.807, 2.05) is 18.2 Å². The standard InChI is InChI=1S/C19H15FN6O/c20-15-5-3-14(4-6-15)16-10-17(25-24-16)19(27)22-12-13-2-7-18(21-11-13)26-9-1-8-23-26/h1-11H,12H2,(H,22,27)(H,24,25). The summed E-state index contributed by atoms with van der Waals surface area (Å²) in [5.41, 5.74) is 2.49. The number of carbonyl (C=O) groups is 1. The molecule has 7 nitrogen and oxygen atoms in total. The molecule has 4 rings (SSSR count). The quantitative estimate of drug-likeness (QED) is 0.571. The summed E-state index contributed by atoms with van der Waals surface area (Å²) in [5.74, 6) is 0.0963. The lowest BCUT2D eigenvalue weighted by Gasteiger charge is -2.05. The van der Waals surface area contributed by atoms with Crippen LogP contribution in [-0.2, 0) is 6.54 Å². The Morgan fingerprint density at radius 3 is 2.74 bits per heavy atom. The van der Waals surface area contributed by atoms with E-state index in [9.17, 15) is 9.18 Å². The maximum Gasteiger partial charge on any atom is 0.269 e. The molecular formula is C19H15FN6O. The van der Waals surface area contributed by atoms with Crippen molar-refractivity contribution in [3.05, 3.63) is 84.2 Å². The fourth-order valence-corrected chi connectivity index (χ4v) is 2.55. The number of nitrogens with zero attached hydrogens (tertiary/aromatic N) is 4. The van der Waals surface area contributed by atoms with Crippen molar-refractivity contribution in [2.24, 2.45) is 0 Å². The summed E-state index contributed by atoms with van der Waals surface area (Å²) < 4.78 is 14.7. The zero-order valence-corrected chi connectivity index (χ0v) is 14.1. The van der Waals surface area contributed by atoms with E-state index in [1.165, 1.54) is 12.1 Å². The van der Waals surface area contributed by atoms with Gasteiger partial charge in [0.1, 0.15) is 11.5 Å². The van der Waals surface area contributed by atoms with E-state index in [2.05, 4.69) is 25.6 Å². The normalized spacial score (nSPS) is 10.7. The second-order valence-electron chi connectivity index (χ2n) is 5.83. The molecule has 0 aliphatic rings. The minimum atomic E-state index is -0.320. The van der Waals surface area contributed by atoms with Crippen LogP contribution in [0.3, 0.4) is 0 Å². The number of hydrogen-bond donors (Lipinski definition) is 2. The molecule has 0 bridgehead atoms. The smallest absolute Gasteiger partial charge is 0.269 e. The van der Waals surface area contributed by atoms with E-state index in [0.29, 0.717) is 23.8 Å². The van der Waals surface area contributed by atoms with Gasteiger partial charge in [-0.3, -0.25) is 9.89 Å². The molecule has 1 amide bonds. The Kier molecular flexibility index (Phi) is 4.44. The summed E-state index contributed by atoms with van der Waals surface area (Å²) in [6.07, 6.45) is 5.18. The van der Waals surface area contributed by atoms with Crippen molar-refractivity contribution in [1.29, 1.82) is 0 Å². The third kappa shape index (κ3) is 3.74. The van der Waals surface area contributed by atoms with Crippen LogP contribution in [-0.4, -0.2) is 30.9 Å². The third-order valence-electron chi connectivity index (χ3n) is 3.96. The SMILES string of the molecule is O=C(NCc1ccc(-n2cccn2)nc1)c1cc(-c2ccc(F)cc2)n[nH]1. The van der Waals surface area contributed by atoms with Gasteiger partial charge in [0.25, 0.3) is 5.91 Å². The molecule has 0 saturated carbocycles. The van der Waals surface area contributed by atoms with Crippen LogP contribution in [0.1, 0.15) is 16.1 Å². The van der Waals surface area contributed by atoms with Crippen LogP contribution in [0, 0.1) is 5.82 Å². The predicted molar refractivity (Wildman–Crippen MR) is 96.5 cm³/mol. The van der Waals surface area contributed by atoms with Gasteiger partial charge in [0.15, 0.2) is 5.82 Å². The first kappa shape index (κ1) is 16.6. The number of aromatic nitrogens is 5. The lowest BCUT2D eigenvalue weighted by Crippen LogP contribution is -2.23. The summed E-state index contributed by atoms with van der Waals surface area (Å²) in [6, 6.07) is 13.1. The molecular weight excluding hydrogens is 347 g/mol. The second kappa shape index (κ2) is 7.20. The van der Waals surface area contributed by atoms with Gasteiger partial charge >= 0.3 is 0 Å². The van der Waals surface area contributed by atoms with Crippen molar-refractivity contribution in [2.75, 3.05) is 0 Å². The summed E-state index contributed by atoms with van der Waals surface area (Å²) in [4.78, 5) is 16.6. The van der Waals surface area contributed by atoms with Crippen molar-refractivity contribution in [3.63, 3.8) is 0 Å². The Labute approximate surface area is 153 Å². The summed E-state index contributed by atoms with van der Waals surface area (Å²) in [6.45, 7) is 0.329. The summed E-state index contributed by atoms with van der Waals surface area (Å²) in [7, 11) is 0. The van der Waals surface area contributed by atoms with Gasteiger partial charge in [0.05, 0.1) is 5.69 Å². The van der Waals surface area contributed by atoms with Crippen molar-refractivity contribution < 1.29 is 9.18 Å². The number of carbonyl (C=O) groups excluding carboxylic acids is 1. The molecule has 0 saturated heterocycles. The van der Waals surface area contributed by atoms with Gasteiger partial charge in [-0.2, -0.15) is 10.2 Å². The molecule has 0 aliphatic carbocycles. The fraction of sp³-hybridized carbons (Fsp3) is 0.0526. The molecule has 0 spiro atoms. The average Bonchev–Trinajstić information content (AvgIpc) is 3.39. The van der Waals surface area contributed by atoms with Crippen LogP contribution in [0.5, 0.6) is 0 Å². The Morgan fingerprint density at radius 1 is 1.19 bits per heavy atom. The maximum atomic E-state index is 13.0.